The van der Waals surface area contributed by atoms with Crippen molar-refractivity contribution < 1.29 is 0 Å². The number of aromatic nitrogens is 5. The van der Waals surface area contributed by atoms with Gasteiger partial charge in [-0.1, -0.05) is 36.4 Å². The van der Waals surface area contributed by atoms with Crippen LogP contribution in [0.3, 0.4) is 0 Å². The lowest BCUT2D eigenvalue weighted by atomic mass is 10.1. The van der Waals surface area contributed by atoms with Crippen molar-refractivity contribution in [2.45, 2.75) is 6.42 Å². The van der Waals surface area contributed by atoms with Gasteiger partial charge in [-0.15, -0.1) is 0 Å². The van der Waals surface area contributed by atoms with Gasteiger partial charge in [0.15, 0.2) is 0 Å². The van der Waals surface area contributed by atoms with E-state index in [9.17, 15) is 0 Å². The fraction of sp³-hybridized carbons (Fsp3) is 0.0833. The minimum atomic E-state index is 0.610. The van der Waals surface area contributed by atoms with Gasteiger partial charge in [0.2, 0.25) is 5.95 Å². The van der Waals surface area contributed by atoms with Crippen molar-refractivity contribution in [3.05, 3.63) is 97.2 Å². The quantitative estimate of drug-likeness (QED) is 0.460. The smallest absolute Gasteiger partial charge is 0.224 e. The van der Waals surface area contributed by atoms with Crippen LogP contribution in [0, 0.1) is 0 Å². The monoisotopic (exact) mass is 392 g/mol. The first-order valence-electron chi connectivity index (χ1n) is 9.85. The summed E-state index contributed by atoms with van der Waals surface area (Å²) in [4.78, 5) is 17.7. The highest BCUT2D eigenvalue weighted by Gasteiger charge is 2.09. The zero-order chi connectivity index (χ0) is 20.2. The Morgan fingerprint density at radius 3 is 2.53 bits per heavy atom. The fourth-order valence-corrected chi connectivity index (χ4v) is 3.45. The molecule has 0 atom stereocenters. The number of nitrogens with zero attached hydrogens (tertiary/aromatic N) is 5. The van der Waals surface area contributed by atoms with Gasteiger partial charge in [-0.3, -0.25) is 9.55 Å². The minimum Gasteiger partial charge on any atom is -0.354 e. The Morgan fingerprint density at radius 1 is 0.800 bits per heavy atom. The maximum Gasteiger partial charge on any atom is 0.224 e. The topological polar surface area (TPSA) is 68.5 Å². The summed E-state index contributed by atoms with van der Waals surface area (Å²) < 4.78 is 1.98. The van der Waals surface area contributed by atoms with Crippen LogP contribution in [0.5, 0.6) is 0 Å². The van der Waals surface area contributed by atoms with Crippen molar-refractivity contribution in [3.8, 4) is 16.9 Å². The van der Waals surface area contributed by atoms with Crippen LogP contribution in [0.25, 0.3) is 28.0 Å². The average Bonchev–Trinajstić information content (AvgIpc) is 3.24. The molecule has 0 aliphatic rings. The van der Waals surface area contributed by atoms with Crippen LogP contribution in [0.2, 0.25) is 0 Å². The van der Waals surface area contributed by atoms with Crippen molar-refractivity contribution in [2.24, 2.45) is 0 Å². The number of pyridine rings is 1. The summed E-state index contributed by atoms with van der Waals surface area (Å²) in [6, 6.07) is 22.5. The third kappa shape index (κ3) is 3.75. The van der Waals surface area contributed by atoms with Crippen molar-refractivity contribution in [3.63, 3.8) is 0 Å². The molecule has 0 saturated carbocycles. The lowest BCUT2D eigenvalue weighted by Gasteiger charge is -2.08. The Kier molecular flexibility index (Phi) is 4.88. The van der Waals surface area contributed by atoms with E-state index in [1.54, 1.807) is 24.9 Å². The Balaban J connectivity index is 1.37. The minimum absolute atomic E-state index is 0.610. The Hall–Kier alpha value is -4.06. The number of rotatable bonds is 6. The zero-order valence-corrected chi connectivity index (χ0v) is 16.3. The lowest BCUT2D eigenvalue weighted by Crippen LogP contribution is -2.09. The van der Waals surface area contributed by atoms with Crippen molar-refractivity contribution in [1.82, 2.24) is 24.5 Å². The van der Waals surface area contributed by atoms with Gasteiger partial charge in [-0.25, -0.2) is 9.97 Å². The maximum absolute atomic E-state index is 4.67. The van der Waals surface area contributed by atoms with E-state index >= 15 is 0 Å². The number of anilines is 1. The summed E-state index contributed by atoms with van der Waals surface area (Å²) in [7, 11) is 0. The number of fused-ring (bicyclic) bond motifs is 1. The highest BCUT2D eigenvalue weighted by atomic mass is 15.2. The zero-order valence-electron chi connectivity index (χ0n) is 16.3. The molecule has 30 heavy (non-hydrogen) atoms. The van der Waals surface area contributed by atoms with Crippen LogP contribution < -0.4 is 5.32 Å². The molecule has 3 heterocycles. The van der Waals surface area contributed by atoms with Crippen LogP contribution >= 0.6 is 0 Å². The van der Waals surface area contributed by atoms with E-state index in [1.165, 1.54) is 5.56 Å². The van der Waals surface area contributed by atoms with Crippen LogP contribution in [0.1, 0.15) is 5.56 Å². The maximum atomic E-state index is 4.67. The van der Waals surface area contributed by atoms with Crippen LogP contribution in [-0.4, -0.2) is 31.0 Å². The molecule has 0 amide bonds. The van der Waals surface area contributed by atoms with Gasteiger partial charge in [-0.05, 0) is 53.4 Å². The molecule has 0 radical (unpaired) electrons. The molecule has 0 unspecified atom stereocenters. The van der Waals surface area contributed by atoms with Crippen LogP contribution in [0.4, 0.5) is 5.95 Å². The first-order valence-corrected chi connectivity index (χ1v) is 9.85. The summed E-state index contributed by atoms with van der Waals surface area (Å²) in [6.45, 7) is 0.771. The third-order valence-electron chi connectivity index (χ3n) is 4.99. The summed E-state index contributed by atoms with van der Waals surface area (Å²) in [5.74, 6) is 1.39. The molecule has 1 N–H and O–H groups in total. The van der Waals surface area contributed by atoms with Crippen molar-refractivity contribution in [1.29, 1.82) is 0 Å². The molecule has 3 aromatic heterocycles. The molecule has 5 aromatic rings. The highest BCUT2D eigenvalue weighted by molar-refractivity contribution is 5.83. The Labute approximate surface area is 174 Å². The van der Waals surface area contributed by atoms with Gasteiger partial charge >= 0.3 is 0 Å². The molecule has 0 fully saturated rings. The molecule has 5 rings (SSSR count). The molecule has 6 heteroatoms. The lowest BCUT2D eigenvalue weighted by molar-refractivity contribution is 0.953. The summed E-state index contributed by atoms with van der Waals surface area (Å²) in [6.07, 6.45) is 8.08. The van der Waals surface area contributed by atoms with E-state index in [-0.39, 0.29) is 0 Å². The summed E-state index contributed by atoms with van der Waals surface area (Å²) >= 11 is 0. The number of hydrogen-bond acceptors (Lipinski definition) is 5. The van der Waals surface area contributed by atoms with Crippen LogP contribution in [0.15, 0.2) is 91.6 Å². The molecule has 0 aliphatic carbocycles. The fourth-order valence-electron chi connectivity index (χ4n) is 3.45. The van der Waals surface area contributed by atoms with E-state index in [0.29, 0.717) is 5.95 Å². The van der Waals surface area contributed by atoms with Gasteiger partial charge in [0.1, 0.15) is 12.1 Å². The molecule has 0 bridgehead atoms. The van der Waals surface area contributed by atoms with Crippen molar-refractivity contribution in [2.75, 3.05) is 11.9 Å². The molecule has 2 aromatic carbocycles. The Morgan fingerprint density at radius 2 is 1.67 bits per heavy atom. The summed E-state index contributed by atoms with van der Waals surface area (Å²) in [5.41, 5.74) is 5.43. The van der Waals surface area contributed by atoms with Crippen molar-refractivity contribution >= 4 is 17.0 Å². The first kappa shape index (κ1) is 18.0. The highest BCUT2D eigenvalue weighted by Crippen LogP contribution is 2.24. The predicted octanol–water partition coefficient (Wildman–Crippen LogP) is 4.53. The second kappa shape index (κ2) is 8.13. The molecular formula is C24H20N6. The number of hydrogen-bond donors (Lipinski definition) is 1. The molecular weight excluding hydrogens is 372 g/mol. The van der Waals surface area contributed by atoms with Gasteiger partial charge in [0, 0.05) is 25.1 Å². The largest absolute Gasteiger partial charge is 0.354 e. The normalized spacial score (nSPS) is 10.9. The second-order valence-corrected chi connectivity index (χ2v) is 6.95. The first-order chi connectivity index (χ1) is 14.9. The average molecular weight is 392 g/mol. The van der Waals surface area contributed by atoms with Gasteiger partial charge in [0.05, 0.1) is 11.0 Å². The Bertz CT molecular complexity index is 1260. The molecule has 6 nitrogen and oxygen atoms in total. The van der Waals surface area contributed by atoms with Gasteiger partial charge < -0.3 is 5.32 Å². The summed E-state index contributed by atoms with van der Waals surface area (Å²) in [5, 5.41) is 3.31. The molecule has 146 valence electrons. The predicted molar refractivity (Wildman–Crippen MR) is 119 cm³/mol. The second-order valence-electron chi connectivity index (χ2n) is 6.95. The standard InChI is InChI=1S/C24H20N6/c1-2-4-18(5-3-1)8-14-26-24-27-15-11-23(29-24)30-17-28-21-16-20(6-7-22(21)30)19-9-12-25-13-10-19/h1-7,9-13,15-17H,8,14H2,(H,26,27,29). The van der Waals surface area contributed by atoms with E-state index in [4.69, 9.17) is 0 Å². The SMILES string of the molecule is c1ccc(CCNc2nccc(-n3cnc4cc(-c5ccncc5)ccc43)n2)cc1. The number of imidazole rings is 1. The van der Waals surface area contributed by atoms with E-state index in [1.807, 2.05) is 28.8 Å². The van der Waals surface area contributed by atoms with E-state index in [0.717, 1.165) is 40.9 Å². The number of nitrogens with one attached hydrogen (secondary N) is 1. The molecule has 0 spiro atoms. The van der Waals surface area contributed by atoms with Crippen LogP contribution in [-0.2, 0) is 6.42 Å². The van der Waals surface area contributed by atoms with E-state index in [2.05, 4.69) is 67.7 Å². The molecule has 0 saturated heterocycles. The van der Waals surface area contributed by atoms with Gasteiger partial charge in [0.25, 0.3) is 0 Å². The third-order valence-corrected chi connectivity index (χ3v) is 4.99. The molecule has 0 aliphatic heterocycles. The van der Waals surface area contributed by atoms with Gasteiger partial charge in [-0.2, -0.15) is 4.98 Å². The van der Waals surface area contributed by atoms with E-state index < -0.39 is 0 Å². The number of benzene rings is 2.